The Morgan fingerprint density at radius 3 is 2.58 bits per heavy atom. The van der Waals surface area contributed by atoms with Crippen LogP contribution < -0.4 is 10.3 Å². The molecule has 0 N–H and O–H groups in total. The van der Waals surface area contributed by atoms with Gasteiger partial charge in [-0.3, -0.25) is 14.9 Å². The summed E-state index contributed by atoms with van der Waals surface area (Å²) in [6, 6.07) is 11.5. The second-order valence-electron chi connectivity index (χ2n) is 3.84. The van der Waals surface area contributed by atoms with Gasteiger partial charge < -0.3 is 9.30 Å². The first-order valence-corrected chi connectivity index (χ1v) is 5.69. The SMILES string of the molecule is O=c1ccc([N+](=O)[O-])cn1CCOc1ccccc1. The molecule has 0 radical (unpaired) electrons. The number of benzene rings is 1. The van der Waals surface area contributed by atoms with E-state index in [0.717, 1.165) is 0 Å². The van der Waals surface area contributed by atoms with Gasteiger partial charge in [-0.25, -0.2) is 0 Å². The Bertz CT molecular complexity index is 622. The molecule has 0 atom stereocenters. The number of hydrogen-bond donors (Lipinski definition) is 0. The average Bonchev–Trinajstić information content (AvgIpc) is 2.42. The molecule has 0 spiro atoms. The van der Waals surface area contributed by atoms with Crippen LogP contribution in [0.2, 0.25) is 0 Å². The Labute approximate surface area is 109 Å². The lowest BCUT2D eigenvalue weighted by Gasteiger charge is -2.07. The summed E-state index contributed by atoms with van der Waals surface area (Å²) in [7, 11) is 0. The van der Waals surface area contributed by atoms with Gasteiger partial charge in [-0.15, -0.1) is 0 Å². The Hall–Kier alpha value is -2.63. The van der Waals surface area contributed by atoms with Crippen LogP contribution in [0.25, 0.3) is 0 Å². The predicted octanol–water partition coefficient (Wildman–Crippen LogP) is 1.84. The van der Waals surface area contributed by atoms with Crippen LogP contribution in [-0.4, -0.2) is 16.1 Å². The number of ether oxygens (including phenoxy) is 1. The molecular formula is C13H12N2O4. The van der Waals surface area contributed by atoms with E-state index >= 15 is 0 Å². The van der Waals surface area contributed by atoms with E-state index in [1.54, 1.807) is 12.1 Å². The van der Waals surface area contributed by atoms with Crippen molar-refractivity contribution in [1.29, 1.82) is 0 Å². The van der Waals surface area contributed by atoms with Gasteiger partial charge in [0, 0.05) is 12.1 Å². The molecule has 0 unspecified atom stereocenters. The van der Waals surface area contributed by atoms with Gasteiger partial charge in [0.1, 0.15) is 12.4 Å². The third-order valence-electron chi connectivity index (χ3n) is 2.52. The highest BCUT2D eigenvalue weighted by Gasteiger charge is 2.07. The van der Waals surface area contributed by atoms with E-state index in [2.05, 4.69) is 0 Å². The van der Waals surface area contributed by atoms with Crippen molar-refractivity contribution in [2.24, 2.45) is 0 Å². The van der Waals surface area contributed by atoms with E-state index in [4.69, 9.17) is 4.74 Å². The zero-order valence-electron chi connectivity index (χ0n) is 10.1. The molecule has 1 aromatic carbocycles. The highest BCUT2D eigenvalue weighted by Crippen LogP contribution is 2.09. The lowest BCUT2D eigenvalue weighted by atomic mass is 10.3. The average molecular weight is 260 g/mol. The molecule has 1 heterocycles. The zero-order chi connectivity index (χ0) is 13.7. The number of hydrogen-bond acceptors (Lipinski definition) is 4. The van der Waals surface area contributed by atoms with E-state index in [1.165, 1.54) is 22.9 Å². The van der Waals surface area contributed by atoms with Crippen LogP contribution in [0.3, 0.4) is 0 Å². The summed E-state index contributed by atoms with van der Waals surface area (Å²) in [4.78, 5) is 21.6. The summed E-state index contributed by atoms with van der Waals surface area (Å²) in [5.74, 6) is 0.695. The molecule has 0 fully saturated rings. The van der Waals surface area contributed by atoms with Crippen molar-refractivity contribution in [3.8, 4) is 5.75 Å². The van der Waals surface area contributed by atoms with Crippen LogP contribution >= 0.6 is 0 Å². The third-order valence-corrected chi connectivity index (χ3v) is 2.52. The molecule has 0 bridgehead atoms. The maximum Gasteiger partial charge on any atom is 0.285 e. The van der Waals surface area contributed by atoms with Gasteiger partial charge in [0.25, 0.3) is 11.2 Å². The molecule has 2 rings (SSSR count). The minimum atomic E-state index is -0.534. The molecule has 2 aromatic rings. The number of pyridine rings is 1. The van der Waals surface area contributed by atoms with Crippen LogP contribution in [0, 0.1) is 10.1 Å². The molecule has 1 aromatic heterocycles. The van der Waals surface area contributed by atoms with Gasteiger partial charge in [-0.1, -0.05) is 18.2 Å². The van der Waals surface area contributed by atoms with E-state index in [0.29, 0.717) is 5.75 Å². The lowest BCUT2D eigenvalue weighted by molar-refractivity contribution is -0.385. The molecule has 6 nitrogen and oxygen atoms in total. The Kier molecular flexibility index (Phi) is 3.92. The van der Waals surface area contributed by atoms with Gasteiger partial charge in [0.15, 0.2) is 0 Å². The lowest BCUT2D eigenvalue weighted by Crippen LogP contribution is -2.22. The Morgan fingerprint density at radius 1 is 1.16 bits per heavy atom. The van der Waals surface area contributed by atoms with E-state index in [-0.39, 0.29) is 24.4 Å². The molecule has 0 aliphatic carbocycles. The van der Waals surface area contributed by atoms with Gasteiger partial charge in [-0.2, -0.15) is 0 Å². The van der Waals surface area contributed by atoms with E-state index in [1.807, 2.05) is 18.2 Å². The fourth-order valence-electron chi connectivity index (χ4n) is 1.58. The normalized spacial score (nSPS) is 10.1. The standard InChI is InChI=1S/C13H12N2O4/c16-13-7-6-11(15(17)18)10-14(13)8-9-19-12-4-2-1-3-5-12/h1-7,10H,8-9H2. The van der Waals surface area contributed by atoms with Crippen LogP contribution in [0.5, 0.6) is 5.75 Å². The summed E-state index contributed by atoms with van der Waals surface area (Å²) >= 11 is 0. The zero-order valence-corrected chi connectivity index (χ0v) is 10.1. The molecule has 98 valence electrons. The smallest absolute Gasteiger partial charge is 0.285 e. The number of nitrogens with zero attached hydrogens (tertiary/aromatic N) is 2. The minimum Gasteiger partial charge on any atom is -0.492 e. The molecular weight excluding hydrogens is 248 g/mol. The second-order valence-corrected chi connectivity index (χ2v) is 3.84. The molecule has 0 saturated heterocycles. The summed E-state index contributed by atoms with van der Waals surface area (Å²) in [6.45, 7) is 0.528. The second kappa shape index (κ2) is 5.81. The topological polar surface area (TPSA) is 74.4 Å². The highest BCUT2D eigenvalue weighted by atomic mass is 16.6. The first-order chi connectivity index (χ1) is 9.16. The maximum absolute atomic E-state index is 11.5. The Balaban J connectivity index is 2.01. The largest absolute Gasteiger partial charge is 0.492 e. The molecule has 19 heavy (non-hydrogen) atoms. The first-order valence-electron chi connectivity index (χ1n) is 5.69. The highest BCUT2D eigenvalue weighted by molar-refractivity contribution is 5.25. The molecule has 0 aliphatic heterocycles. The van der Waals surface area contributed by atoms with Crippen LogP contribution in [0.4, 0.5) is 5.69 Å². The van der Waals surface area contributed by atoms with Gasteiger partial charge in [0.2, 0.25) is 0 Å². The van der Waals surface area contributed by atoms with Crippen molar-refractivity contribution in [2.75, 3.05) is 6.61 Å². The quantitative estimate of drug-likeness (QED) is 0.607. The first kappa shape index (κ1) is 12.8. The predicted molar refractivity (Wildman–Crippen MR) is 69.3 cm³/mol. The van der Waals surface area contributed by atoms with Gasteiger partial charge in [-0.05, 0) is 12.1 Å². The van der Waals surface area contributed by atoms with Crippen LogP contribution in [0.15, 0.2) is 53.5 Å². The van der Waals surface area contributed by atoms with Crippen molar-refractivity contribution in [1.82, 2.24) is 4.57 Å². The fraction of sp³-hybridized carbons (Fsp3) is 0.154. The summed E-state index contributed by atoms with van der Waals surface area (Å²) in [5.41, 5.74) is -0.401. The molecule has 6 heteroatoms. The number of nitro groups is 1. The van der Waals surface area contributed by atoms with Crippen molar-refractivity contribution >= 4 is 5.69 Å². The van der Waals surface area contributed by atoms with Crippen molar-refractivity contribution in [3.63, 3.8) is 0 Å². The fourth-order valence-corrected chi connectivity index (χ4v) is 1.58. The monoisotopic (exact) mass is 260 g/mol. The minimum absolute atomic E-state index is 0.112. The third kappa shape index (κ3) is 3.41. The van der Waals surface area contributed by atoms with Crippen molar-refractivity contribution in [2.45, 2.75) is 6.54 Å². The van der Waals surface area contributed by atoms with Gasteiger partial charge in [0.05, 0.1) is 17.7 Å². The van der Waals surface area contributed by atoms with Crippen LogP contribution in [-0.2, 0) is 6.54 Å². The van der Waals surface area contributed by atoms with Gasteiger partial charge >= 0.3 is 0 Å². The maximum atomic E-state index is 11.5. The number of aromatic nitrogens is 1. The van der Waals surface area contributed by atoms with Crippen molar-refractivity contribution in [3.05, 3.63) is 69.1 Å². The molecule has 0 amide bonds. The molecule has 0 saturated carbocycles. The number of rotatable bonds is 5. The number of para-hydroxylation sites is 1. The summed E-state index contributed by atoms with van der Waals surface area (Å²) in [6.07, 6.45) is 1.22. The summed E-state index contributed by atoms with van der Waals surface area (Å²) in [5, 5.41) is 10.6. The van der Waals surface area contributed by atoms with E-state index < -0.39 is 4.92 Å². The van der Waals surface area contributed by atoms with Crippen molar-refractivity contribution < 1.29 is 9.66 Å². The van der Waals surface area contributed by atoms with Crippen LogP contribution in [0.1, 0.15) is 0 Å². The Morgan fingerprint density at radius 2 is 1.89 bits per heavy atom. The molecule has 0 aliphatic rings. The summed E-state index contributed by atoms with van der Waals surface area (Å²) < 4.78 is 6.70. The van der Waals surface area contributed by atoms with E-state index in [9.17, 15) is 14.9 Å².